The predicted molar refractivity (Wildman–Crippen MR) is 47.1 cm³/mol. The zero-order valence-corrected chi connectivity index (χ0v) is 7.86. The van der Waals surface area contributed by atoms with Crippen molar-refractivity contribution in [3.63, 3.8) is 0 Å². The number of carboxylic acid groups (broad SMARTS) is 1. The van der Waals surface area contributed by atoms with Crippen LogP contribution in [0, 0.1) is 5.41 Å². The number of nitrogens with zero attached hydrogens (tertiary/aromatic N) is 1. The lowest BCUT2D eigenvalue weighted by molar-refractivity contribution is -0.126. The molecule has 0 radical (unpaired) electrons. The minimum absolute atomic E-state index is 0.141. The van der Waals surface area contributed by atoms with Crippen LogP contribution in [-0.2, 0) is 9.53 Å². The number of likely N-dealkylation sites (tertiary alicyclic amines) is 1. The third-order valence-electron chi connectivity index (χ3n) is 3.19. The van der Waals surface area contributed by atoms with E-state index in [0.29, 0.717) is 32.5 Å². The quantitative estimate of drug-likeness (QED) is 0.611. The van der Waals surface area contributed by atoms with Crippen molar-refractivity contribution in [3.8, 4) is 0 Å². The number of hydrogen-bond donors (Lipinski definition) is 1. The molecule has 0 aromatic carbocycles. The Bertz CT molecular complexity index is 268. The van der Waals surface area contributed by atoms with Gasteiger partial charge in [-0.05, 0) is 12.8 Å². The second-order valence-corrected chi connectivity index (χ2v) is 3.97. The van der Waals surface area contributed by atoms with Crippen LogP contribution in [0.1, 0.15) is 12.8 Å². The van der Waals surface area contributed by atoms with Crippen LogP contribution in [0.2, 0.25) is 0 Å². The van der Waals surface area contributed by atoms with Crippen molar-refractivity contribution >= 4 is 11.9 Å². The zero-order chi connectivity index (χ0) is 10.2. The summed E-state index contributed by atoms with van der Waals surface area (Å²) in [7, 11) is 0. The van der Waals surface area contributed by atoms with Crippen molar-refractivity contribution < 1.29 is 19.4 Å². The van der Waals surface area contributed by atoms with E-state index >= 15 is 0 Å². The van der Waals surface area contributed by atoms with Gasteiger partial charge in [0.2, 0.25) is 0 Å². The molecular weight excluding hydrogens is 186 g/mol. The summed E-state index contributed by atoms with van der Waals surface area (Å²) >= 11 is 0. The number of Topliss-reactive ketones (excluding diaryl/α,β-unsaturated/α-hetero) is 1. The maximum atomic E-state index is 11.5. The molecule has 2 aliphatic heterocycles. The third-order valence-corrected chi connectivity index (χ3v) is 3.19. The Labute approximate surface area is 81.6 Å². The molecular formula is C9H13NO4. The SMILES string of the molecule is O=C(O)N1CCC2(CC1)COCC2=O. The summed E-state index contributed by atoms with van der Waals surface area (Å²) in [6.45, 7) is 1.57. The Hall–Kier alpha value is -1.10. The van der Waals surface area contributed by atoms with Gasteiger partial charge in [0.15, 0.2) is 5.78 Å². The molecule has 1 spiro atoms. The Morgan fingerprint density at radius 2 is 2.07 bits per heavy atom. The van der Waals surface area contributed by atoms with E-state index < -0.39 is 6.09 Å². The molecule has 0 aromatic heterocycles. The average Bonchev–Trinajstić information content (AvgIpc) is 2.49. The van der Waals surface area contributed by atoms with Gasteiger partial charge in [0.25, 0.3) is 0 Å². The Balaban J connectivity index is 2.01. The number of rotatable bonds is 0. The van der Waals surface area contributed by atoms with Crippen LogP contribution >= 0.6 is 0 Å². The molecule has 2 saturated heterocycles. The van der Waals surface area contributed by atoms with E-state index in [1.807, 2.05) is 0 Å². The number of carbonyl (C=O) groups is 2. The summed E-state index contributed by atoms with van der Waals surface area (Å²) in [5.74, 6) is 0.141. The molecule has 2 heterocycles. The second kappa shape index (κ2) is 3.24. The van der Waals surface area contributed by atoms with Gasteiger partial charge in [-0.25, -0.2) is 4.79 Å². The molecule has 0 bridgehead atoms. The number of ketones is 1. The summed E-state index contributed by atoms with van der Waals surface area (Å²) in [5, 5.41) is 8.75. The highest BCUT2D eigenvalue weighted by Gasteiger charge is 2.45. The third kappa shape index (κ3) is 1.37. The maximum Gasteiger partial charge on any atom is 0.407 e. The van der Waals surface area contributed by atoms with Gasteiger partial charge in [-0.3, -0.25) is 4.79 Å². The molecule has 0 aromatic rings. The van der Waals surface area contributed by atoms with E-state index in [1.54, 1.807) is 0 Å². The lowest BCUT2D eigenvalue weighted by atomic mass is 9.77. The number of piperidine rings is 1. The molecule has 0 unspecified atom stereocenters. The van der Waals surface area contributed by atoms with Gasteiger partial charge in [0.1, 0.15) is 6.61 Å². The first-order valence-electron chi connectivity index (χ1n) is 4.73. The van der Waals surface area contributed by atoms with Crippen LogP contribution in [0.15, 0.2) is 0 Å². The standard InChI is InChI=1S/C9H13NO4/c11-7-5-14-6-9(7)1-3-10(4-2-9)8(12)13/h1-6H2,(H,12,13). The number of amides is 1. The van der Waals surface area contributed by atoms with E-state index in [4.69, 9.17) is 9.84 Å². The van der Waals surface area contributed by atoms with Gasteiger partial charge >= 0.3 is 6.09 Å². The molecule has 5 heteroatoms. The Kier molecular flexibility index (Phi) is 2.19. The van der Waals surface area contributed by atoms with Crippen molar-refractivity contribution in [2.75, 3.05) is 26.3 Å². The van der Waals surface area contributed by atoms with Crippen molar-refractivity contribution in [1.82, 2.24) is 4.90 Å². The van der Waals surface area contributed by atoms with Gasteiger partial charge in [-0.15, -0.1) is 0 Å². The summed E-state index contributed by atoms with van der Waals surface area (Å²) in [5.41, 5.74) is -0.369. The van der Waals surface area contributed by atoms with Gasteiger partial charge in [-0.2, -0.15) is 0 Å². The number of carbonyl (C=O) groups excluding carboxylic acids is 1. The lowest BCUT2D eigenvalue weighted by Gasteiger charge is -2.35. The minimum atomic E-state index is -0.897. The molecule has 1 amide bonds. The van der Waals surface area contributed by atoms with E-state index in [0.717, 1.165) is 0 Å². The average molecular weight is 199 g/mol. The minimum Gasteiger partial charge on any atom is -0.465 e. The van der Waals surface area contributed by atoms with Crippen molar-refractivity contribution in [1.29, 1.82) is 0 Å². The summed E-state index contributed by atoms with van der Waals surface area (Å²) in [4.78, 5) is 23.5. The fourth-order valence-corrected chi connectivity index (χ4v) is 2.12. The maximum absolute atomic E-state index is 11.5. The molecule has 14 heavy (non-hydrogen) atoms. The zero-order valence-electron chi connectivity index (χ0n) is 7.86. The van der Waals surface area contributed by atoms with Gasteiger partial charge in [0.05, 0.1) is 12.0 Å². The summed E-state index contributed by atoms with van der Waals surface area (Å²) in [6, 6.07) is 0. The van der Waals surface area contributed by atoms with E-state index in [9.17, 15) is 9.59 Å². The van der Waals surface area contributed by atoms with Crippen LogP contribution in [0.4, 0.5) is 4.79 Å². The molecule has 2 aliphatic rings. The second-order valence-electron chi connectivity index (χ2n) is 3.97. The lowest BCUT2D eigenvalue weighted by Crippen LogP contribution is -2.45. The highest BCUT2D eigenvalue weighted by atomic mass is 16.5. The van der Waals surface area contributed by atoms with E-state index in [2.05, 4.69) is 0 Å². The van der Waals surface area contributed by atoms with Crippen LogP contribution in [-0.4, -0.2) is 48.2 Å². The predicted octanol–water partition coefficient (Wildman–Crippen LogP) is 0.346. The molecule has 2 fully saturated rings. The Morgan fingerprint density at radius 1 is 1.43 bits per heavy atom. The molecule has 0 atom stereocenters. The monoisotopic (exact) mass is 199 g/mol. The van der Waals surface area contributed by atoms with Crippen molar-refractivity contribution in [2.24, 2.45) is 5.41 Å². The van der Waals surface area contributed by atoms with Crippen LogP contribution in [0.25, 0.3) is 0 Å². The largest absolute Gasteiger partial charge is 0.465 e. The summed E-state index contributed by atoms with van der Waals surface area (Å²) in [6.07, 6.45) is 0.321. The fraction of sp³-hybridized carbons (Fsp3) is 0.778. The topological polar surface area (TPSA) is 66.8 Å². The highest BCUT2D eigenvalue weighted by molar-refractivity contribution is 5.88. The van der Waals surface area contributed by atoms with E-state index in [-0.39, 0.29) is 17.8 Å². The first-order valence-corrected chi connectivity index (χ1v) is 4.73. The van der Waals surface area contributed by atoms with Gasteiger partial charge in [-0.1, -0.05) is 0 Å². The molecule has 0 saturated carbocycles. The van der Waals surface area contributed by atoms with Crippen molar-refractivity contribution in [2.45, 2.75) is 12.8 Å². The molecule has 2 rings (SSSR count). The molecule has 1 N–H and O–H groups in total. The summed E-state index contributed by atoms with van der Waals surface area (Å²) < 4.78 is 5.13. The molecule has 5 nitrogen and oxygen atoms in total. The normalized spacial score (nSPS) is 25.7. The molecule has 78 valence electrons. The van der Waals surface area contributed by atoms with Crippen LogP contribution in [0.5, 0.6) is 0 Å². The first kappa shape index (κ1) is 9.45. The van der Waals surface area contributed by atoms with Gasteiger partial charge in [0, 0.05) is 13.1 Å². The molecule has 0 aliphatic carbocycles. The first-order chi connectivity index (χ1) is 6.64. The highest BCUT2D eigenvalue weighted by Crippen LogP contribution is 2.36. The smallest absolute Gasteiger partial charge is 0.407 e. The van der Waals surface area contributed by atoms with Crippen molar-refractivity contribution in [3.05, 3.63) is 0 Å². The van der Waals surface area contributed by atoms with Gasteiger partial charge < -0.3 is 14.7 Å². The fourth-order valence-electron chi connectivity index (χ4n) is 2.12. The van der Waals surface area contributed by atoms with E-state index in [1.165, 1.54) is 4.90 Å². The van der Waals surface area contributed by atoms with Crippen LogP contribution < -0.4 is 0 Å². The number of hydrogen-bond acceptors (Lipinski definition) is 3. The Morgan fingerprint density at radius 3 is 2.50 bits per heavy atom. The number of ether oxygens (including phenoxy) is 1. The van der Waals surface area contributed by atoms with Crippen LogP contribution in [0.3, 0.4) is 0 Å².